The van der Waals surface area contributed by atoms with Crippen molar-refractivity contribution in [1.82, 2.24) is 4.98 Å². The van der Waals surface area contributed by atoms with Crippen LogP contribution >= 0.6 is 11.6 Å². The van der Waals surface area contributed by atoms with Gasteiger partial charge in [0.05, 0.1) is 5.52 Å². The molecule has 4 aromatic rings. The van der Waals surface area contributed by atoms with Crippen LogP contribution in [0.5, 0.6) is 0 Å². The number of nitrogens with one attached hydrogen (secondary N) is 1. The first kappa shape index (κ1) is 17.6. The van der Waals surface area contributed by atoms with E-state index in [1.807, 2.05) is 24.3 Å². The van der Waals surface area contributed by atoms with E-state index in [9.17, 15) is 0 Å². The zero-order valence-corrected chi connectivity index (χ0v) is 15.8. The van der Waals surface area contributed by atoms with Crippen LogP contribution in [0.15, 0.2) is 84.9 Å². The number of fused-ring (bicyclic) bond motifs is 1. The van der Waals surface area contributed by atoms with E-state index in [4.69, 9.17) is 16.6 Å². The van der Waals surface area contributed by atoms with E-state index in [-0.39, 0.29) is 0 Å². The minimum absolute atomic E-state index is 0.726. The number of benzene rings is 3. The molecule has 0 aliphatic rings. The Morgan fingerprint density at radius 2 is 1.56 bits per heavy atom. The van der Waals surface area contributed by atoms with Gasteiger partial charge in [0, 0.05) is 28.3 Å². The second kappa shape index (κ2) is 8.24. The molecule has 0 saturated heterocycles. The predicted molar refractivity (Wildman–Crippen MR) is 114 cm³/mol. The largest absolute Gasteiger partial charge is 0.381 e. The Balaban J connectivity index is 1.41. The summed E-state index contributed by atoms with van der Waals surface area (Å²) in [5, 5.41) is 5.35. The molecule has 134 valence electrons. The summed E-state index contributed by atoms with van der Waals surface area (Å²) in [5.41, 5.74) is 5.78. The molecule has 3 heteroatoms. The molecule has 0 saturated carbocycles. The molecule has 0 radical (unpaired) electrons. The van der Waals surface area contributed by atoms with Crippen molar-refractivity contribution in [2.45, 2.75) is 19.4 Å². The fourth-order valence-corrected chi connectivity index (χ4v) is 3.35. The summed E-state index contributed by atoms with van der Waals surface area (Å²) in [6.07, 6.45) is 1.87. The summed E-state index contributed by atoms with van der Waals surface area (Å²) in [6, 6.07) is 29.1. The van der Waals surface area contributed by atoms with Gasteiger partial charge in [-0.25, -0.2) is 0 Å². The molecular formula is C24H21ClN2. The number of aromatic nitrogens is 1. The fraction of sp³-hybridized carbons (Fsp3) is 0.125. The average Bonchev–Trinajstić information content (AvgIpc) is 2.71. The Morgan fingerprint density at radius 1 is 0.741 bits per heavy atom. The highest BCUT2D eigenvalue weighted by Gasteiger charge is 2.02. The second-order valence-electron chi connectivity index (χ2n) is 6.68. The first-order chi connectivity index (χ1) is 13.3. The van der Waals surface area contributed by atoms with Crippen molar-refractivity contribution in [1.29, 1.82) is 0 Å². The third-order valence-electron chi connectivity index (χ3n) is 4.65. The number of anilines is 1. The minimum atomic E-state index is 0.726. The van der Waals surface area contributed by atoms with Crippen LogP contribution < -0.4 is 5.32 Å². The lowest BCUT2D eigenvalue weighted by atomic mass is 10.1. The standard InChI is InChI=1S/C24H21ClN2/c25-21-12-10-20-11-14-22(27-24(20)16-21)13-9-18-7-4-8-23(15-18)26-17-19-5-2-1-3-6-19/h1-8,10-12,14-16,26H,9,13,17H2. The van der Waals surface area contributed by atoms with E-state index in [1.165, 1.54) is 11.1 Å². The van der Waals surface area contributed by atoms with Crippen molar-refractivity contribution in [2.75, 3.05) is 5.32 Å². The van der Waals surface area contributed by atoms with Crippen LogP contribution in [0.2, 0.25) is 5.02 Å². The summed E-state index contributed by atoms with van der Waals surface area (Å²) in [7, 11) is 0. The highest BCUT2D eigenvalue weighted by atomic mass is 35.5. The maximum atomic E-state index is 6.09. The third kappa shape index (κ3) is 4.66. The number of hydrogen-bond donors (Lipinski definition) is 1. The quantitative estimate of drug-likeness (QED) is 0.430. The SMILES string of the molecule is Clc1ccc2ccc(CCc3cccc(NCc4ccccc4)c3)nc2c1. The van der Waals surface area contributed by atoms with Gasteiger partial charge in [0.15, 0.2) is 0 Å². The van der Waals surface area contributed by atoms with Crippen molar-refractivity contribution in [3.63, 3.8) is 0 Å². The van der Waals surface area contributed by atoms with Gasteiger partial charge in [-0.3, -0.25) is 4.98 Å². The predicted octanol–water partition coefficient (Wildman–Crippen LogP) is 6.29. The second-order valence-corrected chi connectivity index (χ2v) is 7.12. The molecule has 0 atom stereocenters. The summed E-state index contributed by atoms with van der Waals surface area (Å²) < 4.78 is 0. The molecule has 1 N–H and O–H groups in total. The Labute approximate surface area is 164 Å². The van der Waals surface area contributed by atoms with Gasteiger partial charge in [-0.1, -0.05) is 66.2 Å². The van der Waals surface area contributed by atoms with Crippen molar-refractivity contribution in [2.24, 2.45) is 0 Å². The molecule has 3 aromatic carbocycles. The van der Waals surface area contributed by atoms with Crippen LogP contribution in [0.25, 0.3) is 10.9 Å². The topological polar surface area (TPSA) is 24.9 Å². The van der Waals surface area contributed by atoms with E-state index < -0.39 is 0 Å². The van der Waals surface area contributed by atoms with Crippen molar-refractivity contribution < 1.29 is 0 Å². The average molecular weight is 373 g/mol. The van der Waals surface area contributed by atoms with Crippen LogP contribution in [0.1, 0.15) is 16.8 Å². The van der Waals surface area contributed by atoms with Crippen molar-refractivity contribution >= 4 is 28.2 Å². The van der Waals surface area contributed by atoms with Gasteiger partial charge in [-0.15, -0.1) is 0 Å². The minimum Gasteiger partial charge on any atom is -0.381 e. The molecule has 0 aliphatic heterocycles. The summed E-state index contributed by atoms with van der Waals surface area (Å²) in [4.78, 5) is 4.75. The molecule has 0 amide bonds. The lowest BCUT2D eigenvalue weighted by Crippen LogP contribution is -2.00. The lowest BCUT2D eigenvalue weighted by Gasteiger charge is -2.09. The molecule has 2 nitrogen and oxygen atoms in total. The van der Waals surface area contributed by atoms with Gasteiger partial charge in [-0.05, 0) is 54.3 Å². The Bertz CT molecular complexity index is 1040. The molecule has 1 aromatic heterocycles. The van der Waals surface area contributed by atoms with Crippen molar-refractivity contribution in [3.05, 3.63) is 107 Å². The molecule has 0 aliphatic carbocycles. The Kier molecular flexibility index (Phi) is 5.36. The number of aryl methyl sites for hydroxylation is 2. The Hall–Kier alpha value is -2.84. The molecule has 0 unspecified atom stereocenters. The zero-order valence-electron chi connectivity index (χ0n) is 15.0. The van der Waals surface area contributed by atoms with Gasteiger partial charge in [0.1, 0.15) is 0 Å². The lowest BCUT2D eigenvalue weighted by molar-refractivity contribution is 0.922. The first-order valence-corrected chi connectivity index (χ1v) is 9.56. The van der Waals surface area contributed by atoms with Gasteiger partial charge < -0.3 is 5.32 Å². The monoisotopic (exact) mass is 372 g/mol. The van der Waals surface area contributed by atoms with Crippen LogP contribution in [0.3, 0.4) is 0 Å². The highest BCUT2D eigenvalue weighted by molar-refractivity contribution is 6.31. The number of nitrogens with zero attached hydrogens (tertiary/aromatic N) is 1. The molecule has 0 spiro atoms. The van der Waals surface area contributed by atoms with E-state index in [1.54, 1.807) is 0 Å². The molecular weight excluding hydrogens is 352 g/mol. The zero-order chi connectivity index (χ0) is 18.5. The molecule has 0 fully saturated rings. The molecule has 0 bridgehead atoms. The van der Waals surface area contributed by atoms with Crippen molar-refractivity contribution in [3.8, 4) is 0 Å². The number of hydrogen-bond acceptors (Lipinski definition) is 2. The molecule has 27 heavy (non-hydrogen) atoms. The van der Waals surface area contributed by atoms with E-state index in [2.05, 4.69) is 66.0 Å². The van der Waals surface area contributed by atoms with Gasteiger partial charge >= 0.3 is 0 Å². The van der Waals surface area contributed by atoms with Crippen LogP contribution in [-0.2, 0) is 19.4 Å². The Morgan fingerprint density at radius 3 is 2.44 bits per heavy atom. The van der Waals surface area contributed by atoms with Crippen LogP contribution in [0.4, 0.5) is 5.69 Å². The molecule has 4 rings (SSSR count). The van der Waals surface area contributed by atoms with Gasteiger partial charge in [0.2, 0.25) is 0 Å². The van der Waals surface area contributed by atoms with Gasteiger partial charge in [-0.2, -0.15) is 0 Å². The summed E-state index contributed by atoms with van der Waals surface area (Å²) >= 11 is 6.09. The third-order valence-corrected chi connectivity index (χ3v) is 4.88. The number of halogens is 1. The number of rotatable bonds is 6. The van der Waals surface area contributed by atoms with E-state index in [0.29, 0.717) is 0 Å². The summed E-state index contributed by atoms with van der Waals surface area (Å²) in [5.74, 6) is 0. The highest BCUT2D eigenvalue weighted by Crippen LogP contribution is 2.19. The summed E-state index contributed by atoms with van der Waals surface area (Å²) in [6.45, 7) is 0.831. The van der Waals surface area contributed by atoms with E-state index in [0.717, 1.165) is 46.7 Å². The maximum Gasteiger partial charge on any atom is 0.0720 e. The van der Waals surface area contributed by atoms with Crippen LogP contribution in [-0.4, -0.2) is 4.98 Å². The molecule has 1 heterocycles. The smallest absolute Gasteiger partial charge is 0.0720 e. The fourth-order valence-electron chi connectivity index (χ4n) is 3.18. The first-order valence-electron chi connectivity index (χ1n) is 9.18. The number of pyridine rings is 1. The van der Waals surface area contributed by atoms with Gasteiger partial charge in [0.25, 0.3) is 0 Å². The van der Waals surface area contributed by atoms with E-state index >= 15 is 0 Å². The normalized spacial score (nSPS) is 10.9. The van der Waals surface area contributed by atoms with Crippen LogP contribution in [0, 0.1) is 0 Å². The maximum absolute atomic E-state index is 6.09.